The molecule has 0 radical (unpaired) electrons. The standard InChI is InChI=1S/C22H13I9O2S/c1-2-3-19(32)33-34(20-13(26)4-10(23)5-14(20)27,21-15(28)6-11(24)7-16(21)29)22-17(30)8-12(25)9-18(22)31/h4-9H,2-3H2,1H3. The number of carbonyl (C=O) groups excluding carboxylic acids is 1. The molecule has 0 unspecified atom stereocenters. The van der Waals surface area contributed by atoms with Crippen molar-refractivity contribution < 1.29 is 8.98 Å². The van der Waals surface area contributed by atoms with Crippen molar-refractivity contribution >= 4 is 220 Å². The number of halogens is 9. The second-order valence-electron chi connectivity index (χ2n) is 6.86. The van der Waals surface area contributed by atoms with Crippen LogP contribution in [-0.4, -0.2) is 5.97 Å². The van der Waals surface area contributed by atoms with Crippen LogP contribution in [-0.2, 0) is 8.98 Å². The lowest BCUT2D eigenvalue weighted by Gasteiger charge is -2.43. The van der Waals surface area contributed by atoms with E-state index in [1.807, 2.05) is 6.92 Å². The summed E-state index contributed by atoms with van der Waals surface area (Å²) in [5, 5.41) is 0. The third kappa shape index (κ3) is 7.27. The fourth-order valence-electron chi connectivity index (χ4n) is 3.23. The van der Waals surface area contributed by atoms with Crippen LogP contribution < -0.4 is 0 Å². The summed E-state index contributed by atoms with van der Waals surface area (Å²) in [6.07, 6.45) is 1.14. The molecule has 3 aromatic rings. The van der Waals surface area contributed by atoms with Crippen molar-refractivity contribution in [2.75, 3.05) is 0 Å². The molecule has 12 heteroatoms. The Bertz CT molecular complexity index is 1070. The van der Waals surface area contributed by atoms with Crippen molar-refractivity contribution in [3.63, 3.8) is 0 Å². The van der Waals surface area contributed by atoms with Gasteiger partial charge in [0, 0.05) is 38.6 Å². The number of hydrogen-bond donors (Lipinski definition) is 0. The van der Waals surface area contributed by atoms with Crippen LogP contribution >= 0.6 is 214 Å². The summed E-state index contributed by atoms with van der Waals surface area (Å²) in [6.45, 7) is 2.02. The van der Waals surface area contributed by atoms with Gasteiger partial charge in [0.1, 0.15) is 0 Å². The molecular formula is C22H13I9O2S. The van der Waals surface area contributed by atoms with Crippen LogP contribution in [0.25, 0.3) is 0 Å². The quantitative estimate of drug-likeness (QED) is 0.230. The first-order chi connectivity index (χ1) is 15.9. The molecule has 0 aromatic heterocycles. The van der Waals surface area contributed by atoms with Crippen LogP contribution in [0.1, 0.15) is 19.8 Å². The summed E-state index contributed by atoms with van der Waals surface area (Å²) in [6, 6.07) is 13.1. The van der Waals surface area contributed by atoms with E-state index in [0.717, 1.165) is 42.5 Å². The molecule has 2 nitrogen and oxygen atoms in total. The topological polar surface area (TPSA) is 26.3 Å². The lowest BCUT2D eigenvalue weighted by atomic mass is 10.3. The van der Waals surface area contributed by atoms with E-state index in [4.69, 9.17) is 4.18 Å². The molecule has 0 amide bonds. The van der Waals surface area contributed by atoms with E-state index in [2.05, 4.69) is 240 Å². The zero-order chi connectivity index (χ0) is 25.4. The Morgan fingerprint density at radius 2 is 0.882 bits per heavy atom. The lowest BCUT2D eigenvalue weighted by Crippen LogP contribution is -2.19. The van der Waals surface area contributed by atoms with Gasteiger partial charge >= 0.3 is 5.97 Å². The minimum absolute atomic E-state index is 0.155. The smallest absolute Gasteiger partial charge is 0.317 e. The minimum atomic E-state index is -2.39. The summed E-state index contributed by atoms with van der Waals surface area (Å²) in [4.78, 5) is 16.7. The monoisotopic (exact) mass is 1480 g/mol. The Balaban J connectivity index is 2.64. The van der Waals surface area contributed by atoms with E-state index in [-0.39, 0.29) is 5.97 Å². The average molecular weight is 1480 g/mol. The summed E-state index contributed by atoms with van der Waals surface area (Å²) in [7, 11) is -2.39. The van der Waals surface area contributed by atoms with E-state index in [1.54, 1.807) is 0 Å². The SMILES string of the molecule is CCCC(=O)OS(c1c(I)cc(I)cc1I)(c1c(I)cc(I)cc1I)c1c(I)cc(I)cc1I. The highest BCUT2D eigenvalue weighted by Gasteiger charge is 2.44. The van der Waals surface area contributed by atoms with Gasteiger partial charge in [0.15, 0.2) is 0 Å². The molecule has 34 heavy (non-hydrogen) atoms. The summed E-state index contributed by atoms with van der Waals surface area (Å²) in [5.41, 5.74) is 0. The normalized spacial score (nSPS) is 12.1. The first-order valence-corrected chi connectivity index (χ1v) is 20.7. The molecule has 3 aromatic carbocycles. The van der Waals surface area contributed by atoms with Crippen LogP contribution in [0, 0.1) is 32.1 Å². The second kappa shape index (κ2) is 14.3. The fraction of sp³-hybridized carbons (Fsp3) is 0.136. The van der Waals surface area contributed by atoms with Gasteiger partial charge in [-0.25, -0.2) is 0 Å². The predicted octanol–water partition coefficient (Wildman–Crippen LogP) is 11.7. The summed E-state index contributed by atoms with van der Waals surface area (Å²) < 4.78 is 17.0. The van der Waals surface area contributed by atoms with Crippen LogP contribution in [0.4, 0.5) is 0 Å². The number of carbonyl (C=O) groups is 1. The highest BCUT2D eigenvalue weighted by atomic mass is 127. The molecule has 0 heterocycles. The molecule has 0 bridgehead atoms. The van der Waals surface area contributed by atoms with Gasteiger partial charge < -0.3 is 4.18 Å². The molecule has 0 spiro atoms. The van der Waals surface area contributed by atoms with Crippen molar-refractivity contribution in [3.8, 4) is 0 Å². The Morgan fingerprint density at radius 3 is 1.12 bits per heavy atom. The van der Waals surface area contributed by atoms with Gasteiger partial charge in [-0.2, -0.15) is 0 Å². The van der Waals surface area contributed by atoms with E-state index >= 15 is 0 Å². The molecule has 0 aliphatic rings. The maximum absolute atomic E-state index is 13.4. The largest absolute Gasteiger partial charge is 0.402 e. The van der Waals surface area contributed by atoms with Crippen molar-refractivity contribution in [1.82, 2.24) is 0 Å². The molecule has 0 aliphatic heterocycles. The van der Waals surface area contributed by atoms with E-state index in [9.17, 15) is 4.79 Å². The third-order valence-corrected chi connectivity index (χ3v) is 17.1. The van der Waals surface area contributed by atoms with Crippen LogP contribution in [0.3, 0.4) is 0 Å². The Labute approximate surface area is 324 Å². The molecule has 182 valence electrons. The molecule has 0 aliphatic carbocycles. The molecule has 3 rings (SSSR count). The first kappa shape index (κ1) is 32.6. The van der Waals surface area contributed by atoms with Gasteiger partial charge in [0.05, 0.1) is 14.7 Å². The fourth-order valence-corrected chi connectivity index (χ4v) is 22.8. The summed E-state index contributed by atoms with van der Waals surface area (Å²) in [5.74, 6) is -0.155. The third-order valence-electron chi connectivity index (χ3n) is 4.42. The minimum Gasteiger partial charge on any atom is -0.402 e. The molecule has 0 saturated carbocycles. The maximum Gasteiger partial charge on any atom is 0.317 e. The van der Waals surface area contributed by atoms with Gasteiger partial charge in [-0.05, 0) is 256 Å². The van der Waals surface area contributed by atoms with Gasteiger partial charge in [-0.1, -0.05) is 6.92 Å². The highest BCUT2D eigenvalue weighted by Crippen LogP contribution is 2.74. The van der Waals surface area contributed by atoms with Gasteiger partial charge in [-0.3, -0.25) is 4.79 Å². The van der Waals surface area contributed by atoms with Crippen molar-refractivity contribution in [2.24, 2.45) is 0 Å². The average Bonchev–Trinajstić information content (AvgIpc) is 2.65. The van der Waals surface area contributed by atoms with Gasteiger partial charge in [0.2, 0.25) is 0 Å². The van der Waals surface area contributed by atoms with E-state index in [1.165, 1.54) is 10.7 Å². The molecule has 0 saturated heterocycles. The van der Waals surface area contributed by atoms with Crippen LogP contribution in [0.2, 0.25) is 0 Å². The first-order valence-electron chi connectivity index (χ1n) is 9.41. The Morgan fingerprint density at radius 1 is 0.618 bits per heavy atom. The van der Waals surface area contributed by atoms with Crippen LogP contribution in [0.5, 0.6) is 0 Å². The molecule has 0 N–H and O–H groups in total. The molecule has 0 fully saturated rings. The van der Waals surface area contributed by atoms with Crippen molar-refractivity contribution in [1.29, 1.82) is 0 Å². The predicted molar refractivity (Wildman–Crippen MR) is 217 cm³/mol. The summed E-state index contributed by atoms with van der Waals surface area (Å²) >= 11 is 21.6. The Kier molecular flexibility index (Phi) is 13.7. The number of hydrogen-bond acceptors (Lipinski definition) is 2. The molecular weight excluding hydrogens is 1470 g/mol. The lowest BCUT2D eigenvalue weighted by molar-refractivity contribution is -0.133. The molecule has 0 atom stereocenters. The van der Waals surface area contributed by atoms with Crippen molar-refractivity contribution in [2.45, 2.75) is 34.5 Å². The Hall–Kier alpha value is 4.05. The zero-order valence-corrected chi connectivity index (χ0v) is 37.2. The van der Waals surface area contributed by atoms with E-state index in [0.29, 0.717) is 6.42 Å². The highest BCUT2D eigenvalue weighted by molar-refractivity contribution is 14.1. The van der Waals surface area contributed by atoms with Gasteiger partial charge in [0.25, 0.3) is 0 Å². The second-order valence-corrected chi connectivity index (χ2v) is 20.1. The van der Waals surface area contributed by atoms with Crippen molar-refractivity contribution in [3.05, 3.63) is 68.5 Å². The number of benzene rings is 3. The zero-order valence-electron chi connectivity index (χ0n) is 17.0. The van der Waals surface area contributed by atoms with E-state index < -0.39 is 10.3 Å². The maximum atomic E-state index is 13.4. The van der Waals surface area contributed by atoms with Crippen LogP contribution in [0.15, 0.2) is 51.1 Å². The van der Waals surface area contributed by atoms with Gasteiger partial charge in [-0.15, -0.1) is 0 Å². The number of rotatable bonds is 6.